The molecule has 0 saturated heterocycles. The van der Waals surface area contributed by atoms with Crippen molar-refractivity contribution in [3.05, 3.63) is 12.7 Å². The molecule has 0 heterocycles. The summed E-state index contributed by atoms with van der Waals surface area (Å²) >= 11 is 1.16. The molecule has 0 spiro atoms. The molecular formula is C14H13F14IO2. The molecule has 0 aromatic carbocycles. The molecule has 0 rings (SSSR count). The van der Waals surface area contributed by atoms with Crippen molar-refractivity contribution in [1.29, 1.82) is 0 Å². The van der Waals surface area contributed by atoms with Gasteiger partial charge in [0.2, 0.25) is 0 Å². The van der Waals surface area contributed by atoms with Crippen LogP contribution in [-0.2, 0) is 9.53 Å². The topological polar surface area (TPSA) is 26.3 Å². The van der Waals surface area contributed by atoms with E-state index in [9.17, 15) is 66.3 Å². The lowest BCUT2D eigenvalue weighted by atomic mass is 9.98. The van der Waals surface area contributed by atoms with Crippen LogP contribution >= 0.6 is 22.6 Å². The minimum Gasteiger partial charge on any atom is -0.465 e. The molecule has 31 heavy (non-hydrogen) atoms. The maximum Gasteiger partial charge on any atom is 0.431 e. The number of hydrogen-bond acceptors (Lipinski definition) is 2. The van der Waals surface area contributed by atoms with Gasteiger partial charge in [-0.1, -0.05) is 28.7 Å². The number of carbonyl (C=O) groups is 1. The van der Waals surface area contributed by atoms with Gasteiger partial charge in [-0.3, -0.25) is 4.79 Å². The molecule has 0 radical (unpaired) electrons. The Morgan fingerprint density at radius 2 is 1.13 bits per heavy atom. The molecule has 0 aromatic heterocycles. The summed E-state index contributed by atoms with van der Waals surface area (Å²) in [6.45, 7) is 2.83. The van der Waals surface area contributed by atoms with Crippen molar-refractivity contribution in [2.75, 3.05) is 6.61 Å². The Kier molecular flexibility index (Phi) is 11.1. The van der Waals surface area contributed by atoms with Crippen LogP contribution in [0.2, 0.25) is 0 Å². The van der Waals surface area contributed by atoms with E-state index in [2.05, 4.69) is 11.3 Å². The highest BCUT2D eigenvalue weighted by Gasteiger charge is 2.73. The standard InChI is InChI=1S/C8H8F7IO2.C6H5F7/c1-4(17)18-3-5(16)2-6(9,7(10,11)12)8(13,14)15;1-2-3-4(7,5(8,9)10)6(11,12)13/h5H,2-3H2,1H3;2H,1,3H2. The van der Waals surface area contributed by atoms with Crippen LogP contribution in [0.15, 0.2) is 12.7 Å². The first-order valence-electron chi connectivity index (χ1n) is 7.40. The van der Waals surface area contributed by atoms with Crippen LogP contribution in [0, 0.1) is 0 Å². The second-order valence-corrected chi connectivity index (χ2v) is 7.45. The Labute approximate surface area is 179 Å². The average molecular weight is 606 g/mol. The number of rotatable bonds is 6. The van der Waals surface area contributed by atoms with Crippen molar-refractivity contribution >= 4 is 28.6 Å². The summed E-state index contributed by atoms with van der Waals surface area (Å²) in [7, 11) is 0. The lowest BCUT2D eigenvalue weighted by molar-refractivity contribution is -0.343. The Hall–Kier alpha value is -1.04. The van der Waals surface area contributed by atoms with Gasteiger partial charge in [-0.25, -0.2) is 8.78 Å². The summed E-state index contributed by atoms with van der Waals surface area (Å²) in [6.07, 6.45) is -27.6. The molecule has 0 aliphatic carbocycles. The summed E-state index contributed by atoms with van der Waals surface area (Å²) in [5.41, 5.74) is -10.5. The molecule has 0 aliphatic heterocycles. The maximum absolute atomic E-state index is 13.2. The molecule has 1 unspecified atom stereocenters. The second kappa shape index (κ2) is 10.7. The van der Waals surface area contributed by atoms with Gasteiger partial charge in [-0.05, 0) is 0 Å². The van der Waals surface area contributed by atoms with Gasteiger partial charge in [-0.2, -0.15) is 52.7 Å². The van der Waals surface area contributed by atoms with Crippen LogP contribution in [0.25, 0.3) is 0 Å². The lowest BCUT2D eigenvalue weighted by Gasteiger charge is -2.31. The fourth-order valence-corrected chi connectivity index (χ4v) is 2.34. The molecule has 0 aromatic rings. The average Bonchev–Trinajstić information content (AvgIpc) is 2.49. The number of alkyl halides is 15. The largest absolute Gasteiger partial charge is 0.465 e. The van der Waals surface area contributed by atoms with Crippen molar-refractivity contribution in [3.63, 3.8) is 0 Å². The quantitative estimate of drug-likeness (QED) is 0.107. The smallest absolute Gasteiger partial charge is 0.431 e. The number of allylic oxidation sites excluding steroid dienone is 1. The van der Waals surface area contributed by atoms with Crippen LogP contribution in [0.4, 0.5) is 61.5 Å². The highest BCUT2D eigenvalue weighted by Crippen LogP contribution is 2.50. The minimum absolute atomic E-state index is 0.237. The van der Waals surface area contributed by atoms with E-state index in [4.69, 9.17) is 0 Å². The van der Waals surface area contributed by atoms with Gasteiger partial charge < -0.3 is 4.74 Å². The molecule has 0 N–H and O–H groups in total. The molecular weight excluding hydrogens is 593 g/mol. The molecule has 1 atom stereocenters. The molecule has 0 fully saturated rings. The van der Waals surface area contributed by atoms with Crippen LogP contribution in [0.5, 0.6) is 0 Å². The monoisotopic (exact) mass is 606 g/mol. The summed E-state index contributed by atoms with van der Waals surface area (Å²) in [6, 6.07) is 0. The Morgan fingerprint density at radius 3 is 1.32 bits per heavy atom. The van der Waals surface area contributed by atoms with Gasteiger partial charge in [-0.15, -0.1) is 6.58 Å². The van der Waals surface area contributed by atoms with Crippen LogP contribution in [0.3, 0.4) is 0 Å². The highest BCUT2D eigenvalue weighted by atomic mass is 127. The van der Waals surface area contributed by atoms with E-state index in [1.807, 2.05) is 0 Å². The number of ether oxygens (including phenoxy) is 1. The first-order chi connectivity index (χ1) is 13.4. The van der Waals surface area contributed by atoms with E-state index in [1.54, 1.807) is 0 Å². The number of halogens is 15. The normalized spacial score (nSPS) is 15.0. The lowest BCUT2D eigenvalue weighted by Crippen LogP contribution is -2.54. The molecule has 186 valence electrons. The fourth-order valence-electron chi connectivity index (χ4n) is 1.56. The number of esters is 1. The zero-order valence-electron chi connectivity index (χ0n) is 15.0. The summed E-state index contributed by atoms with van der Waals surface area (Å²) in [5.74, 6) is -0.875. The minimum atomic E-state index is -6.08. The third-order valence-electron chi connectivity index (χ3n) is 3.19. The summed E-state index contributed by atoms with van der Waals surface area (Å²) < 4.78 is 171. The van der Waals surface area contributed by atoms with Crippen LogP contribution in [0.1, 0.15) is 19.8 Å². The van der Waals surface area contributed by atoms with Gasteiger partial charge >= 0.3 is 36.3 Å². The van der Waals surface area contributed by atoms with Gasteiger partial charge in [0.05, 0.1) is 0 Å². The summed E-state index contributed by atoms with van der Waals surface area (Å²) in [5, 5.41) is 0. The molecule has 0 bridgehead atoms. The van der Waals surface area contributed by atoms with Crippen molar-refractivity contribution < 1.29 is 71.0 Å². The van der Waals surface area contributed by atoms with E-state index < -0.39 is 65.4 Å². The highest BCUT2D eigenvalue weighted by molar-refractivity contribution is 14.1. The van der Waals surface area contributed by atoms with Crippen molar-refractivity contribution in [2.24, 2.45) is 0 Å². The maximum atomic E-state index is 13.2. The van der Waals surface area contributed by atoms with Crippen molar-refractivity contribution in [1.82, 2.24) is 0 Å². The second-order valence-electron chi connectivity index (χ2n) is 5.69. The Bertz CT molecular complexity index is 562. The van der Waals surface area contributed by atoms with Gasteiger partial charge in [0, 0.05) is 23.7 Å². The first-order valence-corrected chi connectivity index (χ1v) is 8.65. The van der Waals surface area contributed by atoms with E-state index in [-0.39, 0.29) is 6.08 Å². The molecule has 17 heteroatoms. The number of hydrogen-bond donors (Lipinski definition) is 0. The van der Waals surface area contributed by atoms with Gasteiger partial charge in [0.1, 0.15) is 6.61 Å². The zero-order chi connectivity index (χ0) is 25.7. The molecule has 0 aliphatic rings. The van der Waals surface area contributed by atoms with Crippen LogP contribution < -0.4 is 0 Å². The van der Waals surface area contributed by atoms with Gasteiger partial charge in [0.25, 0.3) is 5.67 Å². The predicted octanol–water partition coefficient (Wildman–Crippen LogP) is 6.97. The Morgan fingerprint density at radius 1 is 0.806 bits per heavy atom. The van der Waals surface area contributed by atoms with E-state index >= 15 is 0 Å². The molecule has 2 nitrogen and oxygen atoms in total. The van der Waals surface area contributed by atoms with E-state index in [1.165, 1.54) is 0 Å². The van der Waals surface area contributed by atoms with E-state index in [0.717, 1.165) is 29.5 Å². The zero-order valence-corrected chi connectivity index (χ0v) is 17.1. The molecule has 0 amide bonds. The summed E-state index contributed by atoms with van der Waals surface area (Å²) in [4.78, 5) is 10.3. The third kappa shape index (κ3) is 8.78. The van der Waals surface area contributed by atoms with Crippen LogP contribution in [-0.4, -0.2) is 52.5 Å². The fraction of sp³-hybridized carbons (Fsp3) is 0.786. The van der Waals surface area contributed by atoms with Gasteiger partial charge in [0.15, 0.2) is 0 Å². The third-order valence-corrected chi connectivity index (χ3v) is 3.99. The predicted molar refractivity (Wildman–Crippen MR) is 85.8 cm³/mol. The Balaban J connectivity index is 0. The number of carbonyl (C=O) groups excluding carboxylic acids is 1. The van der Waals surface area contributed by atoms with E-state index in [0.29, 0.717) is 0 Å². The molecule has 0 saturated carbocycles. The van der Waals surface area contributed by atoms with Crippen molar-refractivity contribution in [2.45, 2.75) is 59.7 Å². The van der Waals surface area contributed by atoms with Crippen molar-refractivity contribution in [3.8, 4) is 0 Å². The SMILES string of the molecule is C=CCC(F)(C(F)(F)F)C(F)(F)F.CC(=O)OCC(I)CC(F)(C(F)(F)F)C(F)(F)F. The first kappa shape index (κ1) is 32.1.